The van der Waals surface area contributed by atoms with Crippen molar-refractivity contribution in [2.75, 3.05) is 13.7 Å². The molecule has 1 heterocycles. The zero-order chi connectivity index (χ0) is 20.8. The van der Waals surface area contributed by atoms with Crippen molar-refractivity contribution in [1.29, 1.82) is 0 Å². The molecule has 0 spiro atoms. The Morgan fingerprint density at radius 1 is 1.28 bits per heavy atom. The number of nitrogens with zero attached hydrogens (tertiary/aromatic N) is 2. The minimum atomic E-state index is -0.408. The molecule has 0 saturated carbocycles. The van der Waals surface area contributed by atoms with Crippen LogP contribution in [-0.4, -0.2) is 41.1 Å². The summed E-state index contributed by atoms with van der Waals surface area (Å²) < 4.78 is 10.5. The number of carbonyl (C=O) groups is 1. The third-order valence-electron chi connectivity index (χ3n) is 4.26. The average Bonchev–Trinajstić information content (AvgIpc) is 3.11. The molecule has 0 aliphatic heterocycles. The van der Waals surface area contributed by atoms with Gasteiger partial charge >= 0.3 is 0 Å². The molecule has 0 bridgehead atoms. The Morgan fingerprint density at radius 2 is 2.03 bits per heavy atom. The predicted octanol–water partition coefficient (Wildman–Crippen LogP) is 3.26. The van der Waals surface area contributed by atoms with Gasteiger partial charge in [-0.25, -0.2) is 5.43 Å². The SMILES string of the molecule is CCOc1ccc(-c2n[nH]c(C(=O)N/N=C/c3ccc(O)c(OC)c3)c2C)cc1. The Balaban J connectivity index is 1.70. The van der Waals surface area contributed by atoms with Crippen molar-refractivity contribution in [2.45, 2.75) is 13.8 Å². The molecule has 1 amide bonds. The molecule has 3 rings (SSSR count). The van der Waals surface area contributed by atoms with E-state index in [2.05, 4.69) is 20.7 Å². The van der Waals surface area contributed by atoms with Gasteiger partial charge in [-0.15, -0.1) is 0 Å². The van der Waals surface area contributed by atoms with Crippen LogP contribution < -0.4 is 14.9 Å². The maximum atomic E-state index is 12.4. The largest absolute Gasteiger partial charge is 0.504 e. The zero-order valence-corrected chi connectivity index (χ0v) is 16.4. The van der Waals surface area contributed by atoms with E-state index in [0.717, 1.165) is 11.3 Å². The highest BCUT2D eigenvalue weighted by Gasteiger charge is 2.16. The van der Waals surface area contributed by atoms with Crippen LogP contribution in [0.1, 0.15) is 28.5 Å². The Bertz CT molecular complexity index is 1030. The van der Waals surface area contributed by atoms with E-state index in [4.69, 9.17) is 9.47 Å². The zero-order valence-electron chi connectivity index (χ0n) is 16.4. The van der Waals surface area contributed by atoms with Crippen molar-refractivity contribution < 1.29 is 19.4 Å². The van der Waals surface area contributed by atoms with Gasteiger partial charge in [0.25, 0.3) is 5.91 Å². The second-order valence-corrected chi connectivity index (χ2v) is 6.16. The highest BCUT2D eigenvalue weighted by molar-refractivity contribution is 5.96. The topological polar surface area (TPSA) is 109 Å². The normalized spacial score (nSPS) is 10.9. The number of rotatable bonds is 7. The second kappa shape index (κ2) is 8.92. The van der Waals surface area contributed by atoms with E-state index in [-0.39, 0.29) is 5.75 Å². The maximum Gasteiger partial charge on any atom is 0.289 e. The molecule has 3 aromatic rings. The Morgan fingerprint density at radius 3 is 2.72 bits per heavy atom. The number of hydrazone groups is 1. The standard InChI is InChI=1S/C21H22N4O4/c1-4-29-16-8-6-15(7-9-16)19-13(2)20(24-23-19)21(27)25-22-12-14-5-10-17(26)18(11-14)28-3/h5-12,26H,4H2,1-3H3,(H,23,24)(H,25,27)/b22-12+. The van der Waals surface area contributed by atoms with Gasteiger partial charge in [0.1, 0.15) is 11.4 Å². The highest BCUT2D eigenvalue weighted by Crippen LogP contribution is 2.26. The number of phenols is 1. The molecule has 8 nitrogen and oxygen atoms in total. The van der Waals surface area contributed by atoms with Gasteiger partial charge < -0.3 is 14.6 Å². The number of hydrogen-bond donors (Lipinski definition) is 3. The quantitative estimate of drug-likeness (QED) is 0.421. The molecule has 8 heteroatoms. The molecule has 3 N–H and O–H groups in total. The van der Waals surface area contributed by atoms with Crippen LogP contribution in [0.25, 0.3) is 11.3 Å². The van der Waals surface area contributed by atoms with Crippen molar-refractivity contribution in [3.63, 3.8) is 0 Å². The molecule has 0 atom stereocenters. The van der Waals surface area contributed by atoms with Gasteiger partial charge in [-0.1, -0.05) is 0 Å². The fourth-order valence-electron chi connectivity index (χ4n) is 2.77. The first kappa shape index (κ1) is 19.9. The summed E-state index contributed by atoms with van der Waals surface area (Å²) in [5, 5.41) is 20.6. The summed E-state index contributed by atoms with van der Waals surface area (Å²) in [5.74, 6) is 0.727. The van der Waals surface area contributed by atoms with Gasteiger partial charge in [-0.05, 0) is 61.9 Å². The number of aromatic nitrogens is 2. The van der Waals surface area contributed by atoms with Crippen LogP contribution >= 0.6 is 0 Å². The van der Waals surface area contributed by atoms with E-state index >= 15 is 0 Å². The number of hydrogen-bond acceptors (Lipinski definition) is 6. The van der Waals surface area contributed by atoms with E-state index in [1.54, 1.807) is 12.1 Å². The van der Waals surface area contributed by atoms with Gasteiger partial charge in [0, 0.05) is 11.1 Å². The molecule has 0 aliphatic carbocycles. The van der Waals surface area contributed by atoms with Crippen molar-refractivity contribution in [3.8, 4) is 28.5 Å². The summed E-state index contributed by atoms with van der Waals surface area (Å²) in [6.07, 6.45) is 1.46. The summed E-state index contributed by atoms with van der Waals surface area (Å²) in [4.78, 5) is 12.4. The smallest absolute Gasteiger partial charge is 0.289 e. The lowest BCUT2D eigenvalue weighted by molar-refractivity contribution is 0.0949. The monoisotopic (exact) mass is 394 g/mol. The number of methoxy groups -OCH3 is 1. The van der Waals surface area contributed by atoms with Crippen LogP contribution in [0.15, 0.2) is 47.6 Å². The summed E-state index contributed by atoms with van der Waals surface area (Å²) >= 11 is 0. The van der Waals surface area contributed by atoms with Crippen LogP contribution in [0.3, 0.4) is 0 Å². The predicted molar refractivity (Wildman–Crippen MR) is 110 cm³/mol. The van der Waals surface area contributed by atoms with Gasteiger partial charge in [-0.2, -0.15) is 10.2 Å². The van der Waals surface area contributed by atoms with Gasteiger partial charge in [0.15, 0.2) is 11.5 Å². The summed E-state index contributed by atoms with van der Waals surface area (Å²) in [5.41, 5.74) is 5.74. The van der Waals surface area contributed by atoms with E-state index in [1.165, 1.54) is 19.4 Å². The molecule has 0 saturated heterocycles. The molecule has 150 valence electrons. The average molecular weight is 394 g/mol. The van der Waals surface area contributed by atoms with Crippen LogP contribution in [0, 0.1) is 6.92 Å². The highest BCUT2D eigenvalue weighted by atomic mass is 16.5. The van der Waals surface area contributed by atoms with Crippen molar-refractivity contribution in [3.05, 3.63) is 59.3 Å². The first-order valence-electron chi connectivity index (χ1n) is 9.02. The van der Waals surface area contributed by atoms with Crippen LogP contribution in [-0.2, 0) is 0 Å². The van der Waals surface area contributed by atoms with Crippen LogP contribution in [0.5, 0.6) is 17.2 Å². The fraction of sp³-hybridized carbons (Fsp3) is 0.190. The van der Waals surface area contributed by atoms with Crippen molar-refractivity contribution in [2.24, 2.45) is 5.10 Å². The molecule has 29 heavy (non-hydrogen) atoms. The van der Waals surface area contributed by atoms with E-state index in [9.17, 15) is 9.90 Å². The van der Waals surface area contributed by atoms with Crippen molar-refractivity contribution >= 4 is 12.1 Å². The Hall–Kier alpha value is -3.81. The van der Waals surface area contributed by atoms with Crippen LogP contribution in [0.4, 0.5) is 0 Å². The lowest BCUT2D eigenvalue weighted by Gasteiger charge is -2.04. The number of ether oxygens (including phenoxy) is 2. The number of phenolic OH excluding ortho intramolecular Hbond substituents is 1. The second-order valence-electron chi connectivity index (χ2n) is 6.16. The molecule has 2 aromatic carbocycles. The Kier molecular flexibility index (Phi) is 6.13. The molecular weight excluding hydrogens is 372 g/mol. The van der Waals surface area contributed by atoms with Gasteiger partial charge in [0.05, 0.1) is 25.6 Å². The number of carbonyl (C=O) groups excluding carboxylic acids is 1. The first-order valence-corrected chi connectivity index (χ1v) is 9.02. The molecule has 0 radical (unpaired) electrons. The maximum absolute atomic E-state index is 12.4. The molecular formula is C21H22N4O4. The minimum Gasteiger partial charge on any atom is -0.504 e. The van der Waals surface area contributed by atoms with E-state index in [1.807, 2.05) is 38.1 Å². The number of H-pyrrole nitrogens is 1. The lowest BCUT2D eigenvalue weighted by Crippen LogP contribution is -2.19. The van der Waals surface area contributed by atoms with Gasteiger partial charge in [-0.3, -0.25) is 9.89 Å². The van der Waals surface area contributed by atoms with Crippen LogP contribution in [0.2, 0.25) is 0 Å². The molecule has 0 unspecified atom stereocenters. The third-order valence-corrected chi connectivity index (χ3v) is 4.26. The van der Waals surface area contributed by atoms with E-state index < -0.39 is 5.91 Å². The van der Waals surface area contributed by atoms with Gasteiger partial charge in [0.2, 0.25) is 0 Å². The summed E-state index contributed by atoms with van der Waals surface area (Å²) in [6.45, 7) is 4.35. The number of aromatic amines is 1. The first-order chi connectivity index (χ1) is 14.0. The summed E-state index contributed by atoms with van der Waals surface area (Å²) in [6, 6.07) is 12.3. The third kappa shape index (κ3) is 4.55. The summed E-state index contributed by atoms with van der Waals surface area (Å²) in [7, 11) is 1.46. The number of amides is 1. The number of nitrogens with one attached hydrogen (secondary N) is 2. The molecule has 0 aliphatic rings. The van der Waals surface area contributed by atoms with Crippen molar-refractivity contribution in [1.82, 2.24) is 15.6 Å². The number of benzene rings is 2. The molecule has 1 aromatic heterocycles. The van der Waals surface area contributed by atoms with E-state index in [0.29, 0.717) is 34.9 Å². The fourth-order valence-corrected chi connectivity index (χ4v) is 2.77. The number of aromatic hydroxyl groups is 1. The minimum absolute atomic E-state index is 0.0311. The Labute approximate surface area is 168 Å². The lowest BCUT2D eigenvalue weighted by atomic mass is 10.1. The molecule has 0 fully saturated rings.